The second kappa shape index (κ2) is 11.4. The van der Waals surface area contributed by atoms with Gasteiger partial charge in [0, 0.05) is 19.0 Å². The molecule has 0 atom stereocenters. The van der Waals surface area contributed by atoms with Gasteiger partial charge in [0.1, 0.15) is 11.0 Å². The third-order valence-electron chi connectivity index (χ3n) is 4.29. The van der Waals surface area contributed by atoms with E-state index in [4.69, 9.17) is 21.2 Å². The van der Waals surface area contributed by atoms with Crippen molar-refractivity contribution in [2.75, 3.05) is 0 Å². The van der Waals surface area contributed by atoms with E-state index in [1.54, 1.807) is 0 Å². The van der Waals surface area contributed by atoms with E-state index >= 15 is 0 Å². The fourth-order valence-corrected chi connectivity index (χ4v) is 3.61. The van der Waals surface area contributed by atoms with Gasteiger partial charge in [0.2, 0.25) is 0 Å². The van der Waals surface area contributed by atoms with E-state index < -0.39 is 24.6 Å². The molecule has 0 N–H and O–H groups in total. The quantitative estimate of drug-likeness (QED) is 0.458. The van der Waals surface area contributed by atoms with E-state index in [1.807, 2.05) is 13.8 Å². The molecule has 0 aliphatic rings. The molecular formula is C20H23ClF5N3O3. The number of nitrogens with zero attached hydrogens (tertiary/aromatic N) is 3. The molecule has 0 saturated heterocycles. The van der Waals surface area contributed by atoms with Gasteiger partial charge in [-0.1, -0.05) is 39.3 Å². The van der Waals surface area contributed by atoms with Gasteiger partial charge in [0.25, 0.3) is 0 Å². The zero-order chi connectivity index (χ0) is 24.7. The van der Waals surface area contributed by atoms with Crippen LogP contribution in [-0.4, -0.2) is 33.5 Å². The lowest BCUT2D eigenvalue weighted by Crippen LogP contribution is -2.24. The Bertz CT molecular complexity index is 939. The molecule has 0 aromatic carbocycles. The first-order valence-corrected chi connectivity index (χ1v) is 9.92. The smallest absolute Gasteiger partial charge is 0.389 e. The van der Waals surface area contributed by atoms with E-state index in [1.165, 1.54) is 30.7 Å². The first-order valence-electron chi connectivity index (χ1n) is 9.54. The van der Waals surface area contributed by atoms with Crippen molar-refractivity contribution in [3.63, 3.8) is 0 Å². The molecule has 2 rings (SSSR count). The average molecular weight is 484 g/mol. The minimum atomic E-state index is -4.34. The van der Waals surface area contributed by atoms with E-state index in [-0.39, 0.29) is 29.3 Å². The molecule has 2 aromatic rings. The Hall–Kier alpha value is -2.52. The molecule has 0 aliphatic carbocycles. The molecule has 0 fully saturated rings. The predicted molar refractivity (Wildman–Crippen MR) is 105 cm³/mol. The molecule has 6 nitrogen and oxygen atoms in total. The molecule has 32 heavy (non-hydrogen) atoms. The zero-order valence-electron chi connectivity index (χ0n) is 17.9. The molecule has 0 spiro atoms. The second-order valence-electron chi connectivity index (χ2n) is 7.57. The highest BCUT2D eigenvalue weighted by molar-refractivity contribution is 6.30. The maximum atomic E-state index is 13.0. The van der Waals surface area contributed by atoms with Crippen molar-refractivity contribution in [2.45, 2.75) is 66.2 Å². The van der Waals surface area contributed by atoms with Crippen LogP contribution in [0.3, 0.4) is 0 Å². The number of halogens is 6. The first kappa shape index (κ1) is 27.5. The number of aromatic nitrogens is 3. The van der Waals surface area contributed by atoms with Crippen molar-refractivity contribution >= 4 is 17.8 Å². The second-order valence-corrected chi connectivity index (χ2v) is 7.93. The zero-order valence-corrected chi connectivity index (χ0v) is 18.7. The molecule has 0 amide bonds. The van der Waals surface area contributed by atoms with E-state index in [0.29, 0.717) is 29.9 Å². The summed E-state index contributed by atoms with van der Waals surface area (Å²) in [6.45, 7) is 3.46. The summed E-state index contributed by atoms with van der Waals surface area (Å²) in [6, 6.07) is 1.29. The Labute approximate surface area is 186 Å². The highest BCUT2D eigenvalue weighted by Gasteiger charge is 2.36. The topological polar surface area (TPSA) is 74.1 Å². The van der Waals surface area contributed by atoms with E-state index in [9.17, 15) is 22.0 Å². The van der Waals surface area contributed by atoms with Crippen LogP contribution in [0.4, 0.5) is 22.0 Å². The molecule has 178 valence electrons. The molecule has 0 aliphatic heterocycles. The Morgan fingerprint density at radius 3 is 2.25 bits per heavy atom. The molecular weight excluding hydrogens is 461 g/mol. The largest absolute Gasteiger partial charge is 0.431 e. The highest BCUT2D eigenvalue weighted by Crippen LogP contribution is 2.37. The number of pyridine rings is 1. The van der Waals surface area contributed by atoms with Gasteiger partial charge in [-0.25, -0.2) is 9.97 Å². The third-order valence-corrected chi connectivity index (χ3v) is 4.67. The normalized spacial score (nSPS) is 11.7. The SMILES string of the molecule is CCc1nc(CC)n(-c2ncc(CC(C)(C)CC(F)(F)F)cc2OC(F)F)c1Cl.O=C=O. The molecule has 0 radical (unpaired) electrons. The van der Waals surface area contributed by atoms with Crippen LogP contribution in [0.25, 0.3) is 5.82 Å². The number of alkyl halides is 5. The summed E-state index contributed by atoms with van der Waals surface area (Å²) in [5, 5.41) is 0.237. The van der Waals surface area contributed by atoms with Crippen LogP contribution in [-0.2, 0) is 28.9 Å². The molecule has 0 unspecified atom stereocenters. The maximum absolute atomic E-state index is 13.0. The van der Waals surface area contributed by atoms with Crippen molar-refractivity contribution in [1.82, 2.24) is 14.5 Å². The van der Waals surface area contributed by atoms with Gasteiger partial charge < -0.3 is 4.74 Å². The summed E-state index contributed by atoms with van der Waals surface area (Å²) in [7, 11) is 0. The first-order chi connectivity index (χ1) is 14.8. The summed E-state index contributed by atoms with van der Waals surface area (Å²) >= 11 is 6.36. The van der Waals surface area contributed by atoms with Crippen molar-refractivity contribution < 1.29 is 36.3 Å². The lowest BCUT2D eigenvalue weighted by molar-refractivity contribution is -0.191. The fraction of sp³-hybridized carbons (Fsp3) is 0.550. The lowest BCUT2D eigenvalue weighted by Gasteiger charge is -2.26. The van der Waals surface area contributed by atoms with Gasteiger partial charge in [-0.05, 0) is 29.9 Å². The summed E-state index contributed by atoms with van der Waals surface area (Å²) < 4.78 is 70.4. The number of hydrogen-bond acceptors (Lipinski definition) is 5. The monoisotopic (exact) mass is 483 g/mol. The molecule has 0 bridgehead atoms. The van der Waals surface area contributed by atoms with Crippen LogP contribution < -0.4 is 4.74 Å². The van der Waals surface area contributed by atoms with E-state index in [2.05, 4.69) is 14.7 Å². The fourth-order valence-electron chi connectivity index (χ4n) is 3.25. The number of hydrogen-bond donors (Lipinski definition) is 0. The Balaban J connectivity index is 0.00000161. The van der Waals surface area contributed by atoms with Crippen LogP contribution in [0.5, 0.6) is 5.75 Å². The average Bonchev–Trinajstić information content (AvgIpc) is 2.95. The highest BCUT2D eigenvalue weighted by atomic mass is 35.5. The Morgan fingerprint density at radius 2 is 1.78 bits per heavy atom. The van der Waals surface area contributed by atoms with Gasteiger partial charge in [-0.2, -0.15) is 31.5 Å². The van der Waals surface area contributed by atoms with Crippen LogP contribution in [0, 0.1) is 5.41 Å². The molecule has 2 heterocycles. The number of aryl methyl sites for hydroxylation is 2. The Morgan fingerprint density at radius 1 is 1.19 bits per heavy atom. The molecule has 12 heteroatoms. The van der Waals surface area contributed by atoms with Crippen LogP contribution in [0.1, 0.15) is 51.2 Å². The third kappa shape index (κ3) is 7.87. The summed E-state index contributed by atoms with van der Waals surface area (Å²) in [4.78, 5) is 24.8. The predicted octanol–water partition coefficient (Wildman–Crippen LogP) is 5.58. The molecule has 0 saturated carbocycles. The van der Waals surface area contributed by atoms with Gasteiger partial charge in [-0.15, -0.1) is 0 Å². The minimum absolute atomic E-state index is 0.0160. The lowest BCUT2D eigenvalue weighted by atomic mass is 9.83. The van der Waals surface area contributed by atoms with Crippen molar-refractivity contribution in [3.05, 3.63) is 34.5 Å². The standard InChI is InChI=1S/C19H23ClF5N3O.CO2/c1-5-12-15(20)28(14(6-2)27-12)16-13(29-17(21)22)7-11(9-26-16)8-18(3,4)10-19(23,24)25;2-1-3/h7,9,17H,5-6,8,10H2,1-4H3;. The van der Waals surface area contributed by atoms with Crippen LogP contribution >= 0.6 is 11.6 Å². The number of imidazole rings is 1. The number of rotatable bonds is 8. The van der Waals surface area contributed by atoms with Crippen LogP contribution in [0.15, 0.2) is 12.3 Å². The van der Waals surface area contributed by atoms with Crippen molar-refractivity contribution in [1.29, 1.82) is 0 Å². The van der Waals surface area contributed by atoms with Crippen molar-refractivity contribution in [3.8, 4) is 11.6 Å². The summed E-state index contributed by atoms with van der Waals surface area (Å²) in [5.74, 6) is 0.275. The Kier molecular flexibility index (Phi) is 9.78. The minimum Gasteiger partial charge on any atom is -0.431 e. The number of ether oxygens (including phenoxy) is 1. The van der Waals surface area contributed by atoms with Gasteiger partial charge in [0.15, 0.2) is 11.6 Å². The molecule has 2 aromatic heterocycles. The van der Waals surface area contributed by atoms with E-state index in [0.717, 1.165) is 0 Å². The van der Waals surface area contributed by atoms with Crippen molar-refractivity contribution in [2.24, 2.45) is 5.41 Å². The summed E-state index contributed by atoms with van der Waals surface area (Å²) in [5.41, 5.74) is -0.201. The number of carbonyl (C=O) groups excluding carboxylic acids is 2. The summed E-state index contributed by atoms with van der Waals surface area (Å²) in [6.07, 6.45) is -2.76. The van der Waals surface area contributed by atoms with Gasteiger partial charge in [-0.3, -0.25) is 4.57 Å². The maximum Gasteiger partial charge on any atom is 0.389 e. The van der Waals surface area contributed by atoms with Gasteiger partial charge >= 0.3 is 18.9 Å². The van der Waals surface area contributed by atoms with Gasteiger partial charge in [0.05, 0.1) is 5.69 Å². The van der Waals surface area contributed by atoms with Crippen LogP contribution in [0.2, 0.25) is 5.15 Å².